The normalized spacial score (nSPS) is 17.7. The molecular formula is C16H22N4O. The van der Waals surface area contributed by atoms with Crippen molar-refractivity contribution >= 4 is 11.6 Å². The number of nitrogens with zero attached hydrogens (tertiary/aromatic N) is 2. The highest BCUT2D eigenvalue weighted by Gasteiger charge is 2.18. The first-order chi connectivity index (χ1) is 10.2. The first kappa shape index (κ1) is 15.5. The molecule has 1 atom stereocenters. The van der Waals surface area contributed by atoms with Crippen LogP contribution in [0.15, 0.2) is 24.3 Å². The summed E-state index contributed by atoms with van der Waals surface area (Å²) in [5, 5.41) is 15.1. The van der Waals surface area contributed by atoms with Crippen LogP contribution in [0.3, 0.4) is 0 Å². The summed E-state index contributed by atoms with van der Waals surface area (Å²) in [6.07, 6.45) is 2.41. The Kier molecular flexibility index (Phi) is 5.73. The van der Waals surface area contributed by atoms with E-state index >= 15 is 0 Å². The van der Waals surface area contributed by atoms with Crippen molar-refractivity contribution in [3.05, 3.63) is 29.8 Å². The molecule has 1 amide bonds. The molecule has 1 unspecified atom stereocenters. The number of benzene rings is 1. The molecule has 0 aliphatic carbocycles. The molecule has 112 valence electrons. The zero-order valence-electron chi connectivity index (χ0n) is 12.4. The topological polar surface area (TPSA) is 68.2 Å². The van der Waals surface area contributed by atoms with Crippen LogP contribution in [0.4, 0.5) is 5.69 Å². The summed E-state index contributed by atoms with van der Waals surface area (Å²) in [6.45, 7) is 5.33. The van der Waals surface area contributed by atoms with Gasteiger partial charge in [0.1, 0.15) is 0 Å². The molecule has 1 aliphatic heterocycles. The van der Waals surface area contributed by atoms with Gasteiger partial charge in [0.2, 0.25) is 5.91 Å². The summed E-state index contributed by atoms with van der Waals surface area (Å²) in [7, 11) is 0. The number of likely N-dealkylation sites (N-methyl/N-ethyl adjacent to an activating group) is 1. The standard InChI is InChI=1S/C16H22N4O/c1-2-20(11-15-4-3-9-18-15)12-16(21)19-14-7-5-13(10-17)6-8-14/h5-8,15,18H,2-4,9,11-12H2,1H3,(H,19,21). The van der Waals surface area contributed by atoms with Gasteiger partial charge in [-0.15, -0.1) is 0 Å². The number of rotatable bonds is 6. The van der Waals surface area contributed by atoms with Gasteiger partial charge in [-0.25, -0.2) is 0 Å². The molecule has 1 aromatic carbocycles. The van der Waals surface area contributed by atoms with E-state index in [1.165, 1.54) is 12.8 Å². The van der Waals surface area contributed by atoms with Gasteiger partial charge >= 0.3 is 0 Å². The maximum Gasteiger partial charge on any atom is 0.238 e. The van der Waals surface area contributed by atoms with E-state index in [1.807, 2.05) is 0 Å². The molecule has 0 radical (unpaired) electrons. The van der Waals surface area contributed by atoms with Crippen molar-refractivity contribution in [3.63, 3.8) is 0 Å². The van der Waals surface area contributed by atoms with Crippen LogP contribution >= 0.6 is 0 Å². The molecule has 1 fully saturated rings. The van der Waals surface area contributed by atoms with Crippen LogP contribution in [0, 0.1) is 11.3 Å². The lowest BCUT2D eigenvalue weighted by Crippen LogP contribution is -2.41. The summed E-state index contributed by atoms with van der Waals surface area (Å²) in [4.78, 5) is 14.2. The highest BCUT2D eigenvalue weighted by atomic mass is 16.2. The minimum absolute atomic E-state index is 0.0143. The van der Waals surface area contributed by atoms with Gasteiger partial charge in [-0.2, -0.15) is 5.26 Å². The largest absolute Gasteiger partial charge is 0.325 e. The van der Waals surface area contributed by atoms with Gasteiger partial charge in [0, 0.05) is 18.3 Å². The Labute approximate surface area is 125 Å². The number of nitriles is 1. The van der Waals surface area contributed by atoms with Crippen molar-refractivity contribution < 1.29 is 4.79 Å². The van der Waals surface area contributed by atoms with Crippen molar-refractivity contribution in [2.24, 2.45) is 0 Å². The van der Waals surface area contributed by atoms with E-state index in [9.17, 15) is 4.79 Å². The molecule has 1 aliphatic rings. The Hall–Kier alpha value is -1.90. The quantitative estimate of drug-likeness (QED) is 0.833. The number of amides is 1. The van der Waals surface area contributed by atoms with Gasteiger partial charge in [-0.05, 0) is 50.2 Å². The number of anilines is 1. The van der Waals surface area contributed by atoms with Crippen molar-refractivity contribution in [2.75, 3.05) is 31.5 Å². The van der Waals surface area contributed by atoms with E-state index in [2.05, 4.69) is 28.5 Å². The summed E-state index contributed by atoms with van der Waals surface area (Å²) in [5.74, 6) is -0.0143. The maximum atomic E-state index is 12.1. The van der Waals surface area contributed by atoms with Crippen molar-refractivity contribution in [2.45, 2.75) is 25.8 Å². The fraction of sp³-hybridized carbons (Fsp3) is 0.500. The second kappa shape index (κ2) is 7.77. The lowest BCUT2D eigenvalue weighted by Gasteiger charge is -2.23. The average molecular weight is 286 g/mol. The number of hydrogen-bond donors (Lipinski definition) is 2. The van der Waals surface area contributed by atoms with E-state index < -0.39 is 0 Å². The molecule has 1 heterocycles. The Morgan fingerprint density at radius 2 is 2.24 bits per heavy atom. The van der Waals surface area contributed by atoms with Crippen LogP contribution in [-0.2, 0) is 4.79 Å². The van der Waals surface area contributed by atoms with Crippen LogP contribution in [0.1, 0.15) is 25.3 Å². The van der Waals surface area contributed by atoms with E-state index in [1.54, 1.807) is 24.3 Å². The van der Waals surface area contributed by atoms with Crippen molar-refractivity contribution in [1.29, 1.82) is 5.26 Å². The zero-order chi connectivity index (χ0) is 15.1. The van der Waals surface area contributed by atoms with E-state index in [0.717, 1.165) is 25.3 Å². The third kappa shape index (κ3) is 4.85. The maximum absolute atomic E-state index is 12.1. The molecule has 2 N–H and O–H groups in total. The molecule has 2 rings (SSSR count). The molecule has 1 saturated heterocycles. The Morgan fingerprint density at radius 1 is 1.48 bits per heavy atom. The minimum Gasteiger partial charge on any atom is -0.325 e. The monoisotopic (exact) mass is 286 g/mol. The van der Waals surface area contributed by atoms with Gasteiger partial charge < -0.3 is 10.6 Å². The van der Waals surface area contributed by atoms with Crippen molar-refractivity contribution in [3.8, 4) is 6.07 Å². The Morgan fingerprint density at radius 3 is 2.81 bits per heavy atom. The fourth-order valence-electron chi connectivity index (χ4n) is 2.56. The lowest BCUT2D eigenvalue weighted by atomic mass is 10.2. The molecule has 1 aromatic rings. The molecule has 0 spiro atoms. The van der Waals surface area contributed by atoms with Crippen molar-refractivity contribution in [1.82, 2.24) is 10.2 Å². The fourth-order valence-corrected chi connectivity index (χ4v) is 2.56. The van der Waals surface area contributed by atoms with Gasteiger partial charge in [-0.1, -0.05) is 6.92 Å². The minimum atomic E-state index is -0.0143. The molecule has 5 heteroatoms. The smallest absolute Gasteiger partial charge is 0.238 e. The predicted octanol–water partition coefficient (Wildman–Crippen LogP) is 1.57. The Bertz CT molecular complexity index is 500. The van der Waals surface area contributed by atoms with Crippen LogP contribution in [-0.4, -0.2) is 43.0 Å². The van der Waals surface area contributed by atoms with Gasteiger partial charge in [0.15, 0.2) is 0 Å². The summed E-state index contributed by atoms with van der Waals surface area (Å²) in [5.41, 5.74) is 1.32. The van der Waals surface area contributed by atoms with E-state index in [4.69, 9.17) is 5.26 Å². The van der Waals surface area contributed by atoms with Gasteiger partial charge in [0.25, 0.3) is 0 Å². The van der Waals surface area contributed by atoms with Gasteiger partial charge in [0.05, 0.1) is 18.2 Å². The first-order valence-corrected chi connectivity index (χ1v) is 7.47. The SMILES string of the molecule is CCN(CC(=O)Nc1ccc(C#N)cc1)CC1CCCN1. The second-order valence-electron chi connectivity index (χ2n) is 5.36. The molecule has 5 nitrogen and oxygen atoms in total. The number of carbonyl (C=O) groups excluding carboxylic acids is 1. The number of nitrogens with one attached hydrogen (secondary N) is 2. The molecule has 0 aromatic heterocycles. The third-order valence-electron chi connectivity index (χ3n) is 3.75. The van der Waals surface area contributed by atoms with Crippen LogP contribution in [0.25, 0.3) is 0 Å². The van der Waals surface area contributed by atoms with Crippen LogP contribution in [0.5, 0.6) is 0 Å². The third-order valence-corrected chi connectivity index (χ3v) is 3.75. The lowest BCUT2D eigenvalue weighted by molar-refractivity contribution is -0.117. The highest BCUT2D eigenvalue weighted by molar-refractivity contribution is 5.92. The number of carbonyl (C=O) groups is 1. The summed E-state index contributed by atoms with van der Waals surface area (Å²) in [6, 6.07) is 9.49. The Balaban J connectivity index is 1.82. The first-order valence-electron chi connectivity index (χ1n) is 7.47. The summed E-state index contributed by atoms with van der Waals surface area (Å²) >= 11 is 0. The van der Waals surface area contributed by atoms with E-state index in [0.29, 0.717) is 18.2 Å². The average Bonchev–Trinajstić information content (AvgIpc) is 3.00. The molecule has 21 heavy (non-hydrogen) atoms. The van der Waals surface area contributed by atoms with E-state index in [-0.39, 0.29) is 5.91 Å². The van der Waals surface area contributed by atoms with Gasteiger partial charge in [-0.3, -0.25) is 9.69 Å². The second-order valence-corrected chi connectivity index (χ2v) is 5.36. The summed E-state index contributed by atoms with van der Waals surface area (Å²) < 4.78 is 0. The molecular weight excluding hydrogens is 264 g/mol. The zero-order valence-corrected chi connectivity index (χ0v) is 12.4. The van der Waals surface area contributed by atoms with Crippen LogP contribution < -0.4 is 10.6 Å². The number of hydrogen-bond acceptors (Lipinski definition) is 4. The van der Waals surface area contributed by atoms with Crippen LogP contribution in [0.2, 0.25) is 0 Å². The molecule has 0 bridgehead atoms. The highest BCUT2D eigenvalue weighted by Crippen LogP contribution is 2.10. The molecule has 0 saturated carbocycles. The predicted molar refractivity (Wildman–Crippen MR) is 82.9 cm³/mol.